The van der Waals surface area contributed by atoms with Crippen LogP contribution < -0.4 is 10.1 Å². The van der Waals surface area contributed by atoms with Gasteiger partial charge < -0.3 is 10.1 Å². The van der Waals surface area contributed by atoms with Crippen molar-refractivity contribution in [1.29, 1.82) is 0 Å². The summed E-state index contributed by atoms with van der Waals surface area (Å²) in [7, 11) is 0. The van der Waals surface area contributed by atoms with Gasteiger partial charge in [0.2, 0.25) is 0 Å². The van der Waals surface area contributed by atoms with Crippen LogP contribution in [0.3, 0.4) is 0 Å². The fraction of sp³-hybridized carbons (Fsp3) is 0.133. The Hall–Kier alpha value is -2.36. The molecular weight excluding hydrogens is 245 g/mol. The lowest BCUT2D eigenvalue weighted by atomic mass is 10.2. The van der Waals surface area contributed by atoms with Crippen LogP contribution in [0.5, 0.6) is 5.75 Å². The smallest absolute Gasteiger partial charge is 0.262 e. The van der Waals surface area contributed by atoms with Crippen LogP contribution in [0.1, 0.15) is 5.56 Å². The summed E-state index contributed by atoms with van der Waals surface area (Å²) in [5.74, 6) is -0.128. The molecule has 0 unspecified atom stereocenters. The number of hydrogen-bond donors (Lipinski definition) is 1. The average molecular weight is 259 g/mol. The van der Waals surface area contributed by atoms with Crippen molar-refractivity contribution in [2.24, 2.45) is 0 Å². The van der Waals surface area contributed by atoms with Crippen molar-refractivity contribution in [2.45, 2.75) is 6.92 Å². The number of carbonyl (C=O) groups is 1. The van der Waals surface area contributed by atoms with Gasteiger partial charge in [-0.15, -0.1) is 0 Å². The van der Waals surface area contributed by atoms with Crippen molar-refractivity contribution < 1.29 is 13.9 Å². The minimum absolute atomic E-state index is 0.111. The van der Waals surface area contributed by atoms with E-state index in [2.05, 4.69) is 5.32 Å². The molecule has 0 aliphatic carbocycles. The standard InChI is InChI=1S/C15H14FNO2/c1-11-4-2-3-5-14(11)17-15(18)10-19-13-8-6-12(16)7-9-13/h2-9H,10H2,1H3,(H,17,18). The van der Waals surface area contributed by atoms with Gasteiger partial charge in [-0.2, -0.15) is 0 Å². The molecule has 4 heteroatoms. The SMILES string of the molecule is Cc1ccccc1NC(=O)COc1ccc(F)cc1. The molecule has 0 aliphatic rings. The lowest BCUT2D eigenvalue weighted by Gasteiger charge is -2.09. The van der Waals surface area contributed by atoms with Gasteiger partial charge in [-0.05, 0) is 42.8 Å². The normalized spacial score (nSPS) is 10.0. The van der Waals surface area contributed by atoms with Gasteiger partial charge in [0.05, 0.1) is 0 Å². The summed E-state index contributed by atoms with van der Waals surface area (Å²) in [6, 6.07) is 13.0. The number of halogens is 1. The Morgan fingerprint density at radius 2 is 1.84 bits per heavy atom. The third-order valence-electron chi connectivity index (χ3n) is 2.60. The number of anilines is 1. The molecule has 0 aliphatic heterocycles. The van der Waals surface area contributed by atoms with Crippen molar-refractivity contribution in [3.05, 3.63) is 59.9 Å². The van der Waals surface area contributed by atoms with E-state index < -0.39 is 0 Å². The van der Waals surface area contributed by atoms with Crippen LogP contribution in [-0.2, 0) is 4.79 Å². The summed E-state index contributed by atoms with van der Waals surface area (Å²) in [5, 5.41) is 2.75. The topological polar surface area (TPSA) is 38.3 Å². The third kappa shape index (κ3) is 3.81. The predicted octanol–water partition coefficient (Wildman–Crippen LogP) is 3.15. The van der Waals surface area contributed by atoms with Gasteiger partial charge in [0, 0.05) is 5.69 Å². The lowest BCUT2D eigenvalue weighted by Crippen LogP contribution is -2.20. The van der Waals surface area contributed by atoms with Crippen LogP contribution >= 0.6 is 0 Å². The zero-order valence-corrected chi connectivity index (χ0v) is 10.5. The summed E-state index contributed by atoms with van der Waals surface area (Å²) in [5.41, 5.74) is 1.74. The molecule has 0 fully saturated rings. The number of nitrogens with one attached hydrogen (secondary N) is 1. The van der Waals surface area contributed by atoms with E-state index in [1.807, 2.05) is 31.2 Å². The Kier molecular flexibility index (Phi) is 4.13. The molecule has 0 aromatic heterocycles. The average Bonchev–Trinajstić information content (AvgIpc) is 2.41. The highest BCUT2D eigenvalue weighted by atomic mass is 19.1. The fourth-order valence-electron chi connectivity index (χ4n) is 1.58. The molecule has 3 nitrogen and oxygen atoms in total. The highest BCUT2D eigenvalue weighted by Gasteiger charge is 2.05. The van der Waals surface area contributed by atoms with E-state index in [9.17, 15) is 9.18 Å². The molecule has 0 radical (unpaired) electrons. The highest BCUT2D eigenvalue weighted by molar-refractivity contribution is 5.92. The van der Waals surface area contributed by atoms with Crippen molar-refractivity contribution in [1.82, 2.24) is 0 Å². The minimum atomic E-state index is -0.336. The lowest BCUT2D eigenvalue weighted by molar-refractivity contribution is -0.118. The molecule has 2 aromatic carbocycles. The van der Waals surface area contributed by atoms with Crippen molar-refractivity contribution in [2.75, 3.05) is 11.9 Å². The molecular formula is C15H14FNO2. The number of amides is 1. The number of ether oxygens (including phenoxy) is 1. The molecule has 0 atom stereocenters. The first-order chi connectivity index (χ1) is 9.15. The van der Waals surface area contributed by atoms with Gasteiger partial charge in [-0.25, -0.2) is 4.39 Å². The molecule has 19 heavy (non-hydrogen) atoms. The van der Waals surface area contributed by atoms with Gasteiger partial charge in [0.25, 0.3) is 5.91 Å². The number of para-hydroxylation sites is 1. The maximum absolute atomic E-state index is 12.7. The van der Waals surface area contributed by atoms with E-state index in [0.29, 0.717) is 5.75 Å². The number of rotatable bonds is 4. The van der Waals surface area contributed by atoms with E-state index in [1.54, 1.807) is 0 Å². The third-order valence-corrected chi connectivity index (χ3v) is 2.60. The molecule has 1 N–H and O–H groups in total. The van der Waals surface area contributed by atoms with E-state index in [0.717, 1.165) is 11.3 Å². The maximum atomic E-state index is 12.7. The number of aryl methyl sites for hydroxylation is 1. The van der Waals surface area contributed by atoms with Gasteiger partial charge >= 0.3 is 0 Å². The quantitative estimate of drug-likeness (QED) is 0.916. The van der Waals surface area contributed by atoms with E-state index in [4.69, 9.17) is 4.74 Å². The summed E-state index contributed by atoms with van der Waals surface area (Å²) < 4.78 is 17.9. The summed E-state index contributed by atoms with van der Waals surface area (Å²) in [4.78, 5) is 11.7. The molecule has 1 amide bonds. The summed E-state index contributed by atoms with van der Waals surface area (Å²) in [6.07, 6.45) is 0. The summed E-state index contributed by atoms with van der Waals surface area (Å²) in [6.45, 7) is 1.80. The molecule has 0 saturated carbocycles. The maximum Gasteiger partial charge on any atom is 0.262 e. The largest absolute Gasteiger partial charge is 0.484 e. The fourth-order valence-corrected chi connectivity index (χ4v) is 1.58. The Morgan fingerprint density at radius 3 is 2.53 bits per heavy atom. The van der Waals surface area contributed by atoms with Gasteiger partial charge in [0.1, 0.15) is 11.6 Å². The van der Waals surface area contributed by atoms with Crippen LogP contribution in [0.4, 0.5) is 10.1 Å². The first-order valence-electron chi connectivity index (χ1n) is 5.89. The zero-order chi connectivity index (χ0) is 13.7. The number of hydrogen-bond acceptors (Lipinski definition) is 2. The highest BCUT2D eigenvalue weighted by Crippen LogP contribution is 2.14. The van der Waals surface area contributed by atoms with Crippen LogP contribution in [0.2, 0.25) is 0 Å². The van der Waals surface area contributed by atoms with E-state index >= 15 is 0 Å². The monoisotopic (exact) mass is 259 g/mol. The molecule has 98 valence electrons. The number of carbonyl (C=O) groups excluding carboxylic acids is 1. The van der Waals surface area contributed by atoms with Crippen LogP contribution in [0.25, 0.3) is 0 Å². The Labute approximate surface area is 111 Å². The van der Waals surface area contributed by atoms with Gasteiger partial charge in [-0.3, -0.25) is 4.79 Å². The van der Waals surface area contributed by atoms with Gasteiger partial charge in [-0.1, -0.05) is 18.2 Å². The second kappa shape index (κ2) is 6.00. The van der Waals surface area contributed by atoms with Crippen LogP contribution in [0, 0.1) is 12.7 Å². The first-order valence-corrected chi connectivity index (χ1v) is 5.89. The molecule has 0 spiro atoms. The zero-order valence-electron chi connectivity index (χ0n) is 10.5. The number of benzene rings is 2. The Balaban J connectivity index is 1.88. The van der Waals surface area contributed by atoms with Crippen molar-refractivity contribution in [3.8, 4) is 5.75 Å². The predicted molar refractivity (Wildman–Crippen MR) is 71.7 cm³/mol. The molecule has 0 saturated heterocycles. The van der Waals surface area contributed by atoms with E-state index in [-0.39, 0.29) is 18.3 Å². The van der Waals surface area contributed by atoms with E-state index in [1.165, 1.54) is 24.3 Å². The minimum Gasteiger partial charge on any atom is -0.484 e. The second-order valence-electron chi connectivity index (χ2n) is 4.11. The summed E-state index contributed by atoms with van der Waals surface area (Å²) >= 11 is 0. The Morgan fingerprint density at radius 1 is 1.16 bits per heavy atom. The first kappa shape index (κ1) is 13.1. The van der Waals surface area contributed by atoms with Crippen molar-refractivity contribution in [3.63, 3.8) is 0 Å². The van der Waals surface area contributed by atoms with Crippen LogP contribution in [-0.4, -0.2) is 12.5 Å². The van der Waals surface area contributed by atoms with Crippen molar-refractivity contribution >= 4 is 11.6 Å². The molecule has 2 rings (SSSR count). The molecule has 2 aromatic rings. The van der Waals surface area contributed by atoms with Crippen LogP contribution in [0.15, 0.2) is 48.5 Å². The Bertz CT molecular complexity index is 567. The van der Waals surface area contributed by atoms with Gasteiger partial charge in [0.15, 0.2) is 6.61 Å². The molecule has 0 heterocycles. The molecule has 0 bridgehead atoms. The second-order valence-corrected chi connectivity index (χ2v) is 4.11.